The van der Waals surface area contributed by atoms with Crippen LogP contribution in [0.1, 0.15) is 26.0 Å². The van der Waals surface area contributed by atoms with Crippen molar-refractivity contribution in [3.05, 3.63) is 28.2 Å². The van der Waals surface area contributed by atoms with Crippen molar-refractivity contribution < 1.29 is 9.59 Å². The van der Waals surface area contributed by atoms with Crippen molar-refractivity contribution >= 4 is 17.5 Å². The van der Waals surface area contributed by atoms with Crippen LogP contribution in [0.5, 0.6) is 0 Å². The minimum Gasteiger partial charge on any atom is -0.355 e. The molecule has 0 aliphatic rings. The Morgan fingerprint density at radius 1 is 1.32 bits per heavy atom. The number of aromatic nitrogens is 1. The van der Waals surface area contributed by atoms with Crippen molar-refractivity contribution in [2.24, 2.45) is 0 Å². The van der Waals surface area contributed by atoms with Crippen LogP contribution in [0.2, 0.25) is 0 Å². The molecule has 1 aromatic heterocycles. The van der Waals surface area contributed by atoms with E-state index in [1.165, 1.54) is 11.5 Å². The molecule has 6 nitrogen and oxygen atoms in total. The molecule has 0 bridgehead atoms. The first kappa shape index (κ1) is 14.9. The first-order valence-corrected chi connectivity index (χ1v) is 6.20. The molecule has 2 N–H and O–H groups in total. The molecule has 0 aliphatic carbocycles. The summed E-state index contributed by atoms with van der Waals surface area (Å²) in [6.45, 7) is 5.56. The molecule has 0 spiro atoms. The number of carbonyl (C=O) groups is 2. The lowest BCUT2D eigenvalue weighted by molar-refractivity contribution is -0.121. The quantitative estimate of drug-likeness (QED) is 0.820. The largest absolute Gasteiger partial charge is 0.355 e. The van der Waals surface area contributed by atoms with E-state index in [-0.39, 0.29) is 29.6 Å². The molecular formula is C13H19N3O3. The molecule has 1 rings (SSSR count). The molecule has 0 atom stereocenters. The molecule has 6 heteroatoms. The smallest absolute Gasteiger partial charge is 0.274 e. The number of carbonyl (C=O) groups excluding carboxylic acids is 2. The highest BCUT2D eigenvalue weighted by atomic mass is 16.2. The van der Waals surface area contributed by atoms with E-state index in [4.69, 9.17) is 0 Å². The molecule has 0 radical (unpaired) electrons. The second kappa shape index (κ2) is 6.72. The Morgan fingerprint density at radius 2 is 2.00 bits per heavy atom. The van der Waals surface area contributed by atoms with Crippen LogP contribution in [0, 0.1) is 6.92 Å². The summed E-state index contributed by atoms with van der Waals surface area (Å²) in [4.78, 5) is 34.7. The molecule has 1 heterocycles. The summed E-state index contributed by atoms with van der Waals surface area (Å²) in [5, 5.41) is 5.16. The van der Waals surface area contributed by atoms with Gasteiger partial charge >= 0.3 is 0 Å². The zero-order valence-electron chi connectivity index (χ0n) is 11.4. The zero-order valence-corrected chi connectivity index (χ0v) is 11.4. The number of aryl methyl sites for hydroxylation is 1. The first-order chi connectivity index (χ1) is 8.95. The lowest BCUT2D eigenvalue weighted by Crippen LogP contribution is -2.34. The summed E-state index contributed by atoms with van der Waals surface area (Å²) >= 11 is 0. The van der Waals surface area contributed by atoms with Crippen molar-refractivity contribution in [1.82, 2.24) is 9.88 Å². The highest BCUT2D eigenvalue weighted by molar-refractivity contribution is 5.88. The van der Waals surface area contributed by atoms with Gasteiger partial charge < -0.3 is 15.2 Å². The fourth-order valence-corrected chi connectivity index (χ4v) is 1.62. The van der Waals surface area contributed by atoms with E-state index in [9.17, 15) is 14.4 Å². The molecule has 0 unspecified atom stereocenters. The van der Waals surface area contributed by atoms with E-state index in [0.29, 0.717) is 12.2 Å². The Hall–Kier alpha value is -2.11. The summed E-state index contributed by atoms with van der Waals surface area (Å²) < 4.78 is 1.34. The topological polar surface area (TPSA) is 80.2 Å². The van der Waals surface area contributed by atoms with Gasteiger partial charge in [-0.2, -0.15) is 0 Å². The van der Waals surface area contributed by atoms with Gasteiger partial charge in [0.15, 0.2) is 0 Å². The number of amides is 2. The van der Waals surface area contributed by atoms with Crippen LogP contribution in [-0.4, -0.2) is 22.9 Å². The molecular weight excluding hydrogens is 246 g/mol. The molecule has 0 saturated heterocycles. The van der Waals surface area contributed by atoms with E-state index < -0.39 is 0 Å². The third kappa shape index (κ3) is 4.24. The van der Waals surface area contributed by atoms with Crippen LogP contribution < -0.4 is 16.2 Å². The monoisotopic (exact) mass is 265 g/mol. The molecule has 0 aliphatic heterocycles. The van der Waals surface area contributed by atoms with Gasteiger partial charge in [0.1, 0.15) is 12.2 Å². The lowest BCUT2D eigenvalue weighted by Gasteiger charge is -2.12. The molecule has 1 aromatic rings. The Kier molecular flexibility index (Phi) is 5.29. The number of nitrogens with zero attached hydrogens (tertiary/aromatic N) is 1. The molecule has 0 saturated carbocycles. The van der Waals surface area contributed by atoms with Gasteiger partial charge in [-0.1, -0.05) is 6.92 Å². The fraction of sp³-hybridized carbons (Fsp3) is 0.462. The number of hydrogen-bond donors (Lipinski definition) is 2. The summed E-state index contributed by atoms with van der Waals surface area (Å²) in [5.41, 5.74) is 0.481. The molecule has 0 aromatic carbocycles. The van der Waals surface area contributed by atoms with E-state index in [1.54, 1.807) is 19.1 Å². The summed E-state index contributed by atoms with van der Waals surface area (Å²) in [6, 6.07) is 3.24. The second-order valence-corrected chi connectivity index (χ2v) is 4.31. The standard InChI is InChI=1S/C13H19N3O3/c1-4-7-14-12(18)8-16-9(2)5-6-11(13(16)19)15-10(3)17/h5-6H,4,7-8H2,1-3H3,(H,14,18)(H,15,17). The van der Waals surface area contributed by atoms with Crippen molar-refractivity contribution in [2.75, 3.05) is 11.9 Å². The van der Waals surface area contributed by atoms with Crippen molar-refractivity contribution in [3.63, 3.8) is 0 Å². The van der Waals surface area contributed by atoms with Crippen molar-refractivity contribution in [2.45, 2.75) is 33.7 Å². The minimum atomic E-state index is -0.373. The van der Waals surface area contributed by atoms with Gasteiger partial charge in [0, 0.05) is 19.2 Å². The second-order valence-electron chi connectivity index (χ2n) is 4.31. The van der Waals surface area contributed by atoms with Gasteiger partial charge in [-0.3, -0.25) is 14.4 Å². The van der Waals surface area contributed by atoms with Gasteiger partial charge in [0.25, 0.3) is 5.56 Å². The van der Waals surface area contributed by atoms with Gasteiger partial charge in [0.05, 0.1) is 0 Å². The van der Waals surface area contributed by atoms with Crippen molar-refractivity contribution in [1.29, 1.82) is 0 Å². The van der Waals surface area contributed by atoms with Crippen LogP contribution in [0.15, 0.2) is 16.9 Å². The highest BCUT2D eigenvalue weighted by Gasteiger charge is 2.10. The predicted molar refractivity (Wildman–Crippen MR) is 73.0 cm³/mol. The average Bonchev–Trinajstić information content (AvgIpc) is 2.35. The van der Waals surface area contributed by atoms with Crippen LogP contribution >= 0.6 is 0 Å². The third-order valence-corrected chi connectivity index (χ3v) is 2.58. The Morgan fingerprint density at radius 3 is 2.58 bits per heavy atom. The third-order valence-electron chi connectivity index (χ3n) is 2.58. The van der Waals surface area contributed by atoms with E-state index >= 15 is 0 Å². The summed E-state index contributed by atoms with van der Waals surface area (Å²) in [7, 11) is 0. The Labute approximate surface area is 111 Å². The van der Waals surface area contributed by atoms with Gasteiger partial charge in [0.2, 0.25) is 11.8 Å². The number of nitrogens with one attached hydrogen (secondary N) is 2. The Balaban J connectivity index is 2.96. The van der Waals surface area contributed by atoms with Crippen LogP contribution in [0.25, 0.3) is 0 Å². The number of pyridine rings is 1. The van der Waals surface area contributed by atoms with E-state index in [1.807, 2.05) is 6.92 Å². The number of anilines is 1. The normalized spacial score (nSPS) is 10.1. The minimum absolute atomic E-state index is 0.0436. The molecule has 19 heavy (non-hydrogen) atoms. The van der Waals surface area contributed by atoms with Crippen LogP contribution in [-0.2, 0) is 16.1 Å². The number of rotatable bonds is 5. The molecule has 0 fully saturated rings. The summed E-state index contributed by atoms with van der Waals surface area (Å²) in [6.07, 6.45) is 0.839. The maximum absolute atomic E-state index is 12.1. The van der Waals surface area contributed by atoms with E-state index in [2.05, 4.69) is 10.6 Å². The highest BCUT2D eigenvalue weighted by Crippen LogP contribution is 2.03. The van der Waals surface area contributed by atoms with Gasteiger partial charge in [-0.25, -0.2) is 0 Å². The molecule has 2 amide bonds. The van der Waals surface area contributed by atoms with Crippen LogP contribution in [0.3, 0.4) is 0 Å². The SMILES string of the molecule is CCCNC(=O)Cn1c(C)ccc(NC(C)=O)c1=O. The van der Waals surface area contributed by atoms with Gasteiger partial charge in [-0.05, 0) is 25.5 Å². The number of hydrogen-bond acceptors (Lipinski definition) is 3. The van der Waals surface area contributed by atoms with Crippen LogP contribution in [0.4, 0.5) is 5.69 Å². The first-order valence-electron chi connectivity index (χ1n) is 6.20. The lowest BCUT2D eigenvalue weighted by atomic mass is 10.3. The Bertz CT molecular complexity index is 534. The maximum atomic E-state index is 12.1. The summed E-state index contributed by atoms with van der Waals surface area (Å²) in [5.74, 6) is -0.532. The predicted octanol–water partition coefficient (Wildman–Crippen LogP) is 0.641. The van der Waals surface area contributed by atoms with Gasteiger partial charge in [-0.15, -0.1) is 0 Å². The zero-order chi connectivity index (χ0) is 14.4. The maximum Gasteiger partial charge on any atom is 0.274 e. The fourth-order valence-electron chi connectivity index (χ4n) is 1.62. The van der Waals surface area contributed by atoms with Crippen molar-refractivity contribution in [3.8, 4) is 0 Å². The molecule has 104 valence electrons. The van der Waals surface area contributed by atoms with E-state index in [0.717, 1.165) is 6.42 Å². The average molecular weight is 265 g/mol.